The Hall–Kier alpha value is -2.71. The maximum Gasteiger partial charge on any atom is 0.254 e. The number of hydrogen-bond acceptors (Lipinski definition) is 6. The van der Waals surface area contributed by atoms with E-state index < -0.39 is 0 Å². The zero-order chi connectivity index (χ0) is 18.2. The summed E-state index contributed by atoms with van der Waals surface area (Å²) < 4.78 is 10.0. The first-order valence-electron chi connectivity index (χ1n) is 8.57. The van der Waals surface area contributed by atoms with Crippen LogP contribution in [0.2, 0.25) is 0 Å². The van der Waals surface area contributed by atoms with E-state index in [0.717, 1.165) is 13.1 Å². The van der Waals surface area contributed by atoms with E-state index >= 15 is 0 Å². The van der Waals surface area contributed by atoms with Crippen LogP contribution >= 0.6 is 0 Å². The van der Waals surface area contributed by atoms with E-state index in [1.165, 1.54) is 6.26 Å². The number of nitrogens with one attached hydrogen (secondary N) is 1. The zero-order valence-corrected chi connectivity index (χ0v) is 14.5. The van der Waals surface area contributed by atoms with Crippen LogP contribution in [0.1, 0.15) is 10.4 Å². The van der Waals surface area contributed by atoms with Crippen LogP contribution in [0.5, 0.6) is 0 Å². The van der Waals surface area contributed by atoms with Crippen LogP contribution in [-0.4, -0.2) is 72.7 Å². The maximum atomic E-state index is 12.8. The number of hydrogen-bond donors (Lipinski definition) is 1. The van der Waals surface area contributed by atoms with Gasteiger partial charge in [0.25, 0.3) is 5.91 Å². The number of rotatable bonds is 7. The summed E-state index contributed by atoms with van der Waals surface area (Å²) in [7, 11) is 0. The third-order valence-corrected chi connectivity index (χ3v) is 4.14. The average molecular weight is 358 g/mol. The van der Waals surface area contributed by atoms with Crippen molar-refractivity contribution in [3.8, 4) is 0 Å². The number of nitrogens with zero attached hydrogens (tertiary/aromatic N) is 3. The van der Waals surface area contributed by atoms with Crippen LogP contribution in [0.3, 0.4) is 0 Å². The van der Waals surface area contributed by atoms with Gasteiger partial charge in [0.2, 0.25) is 5.91 Å². The molecular weight excluding hydrogens is 336 g/mol. The monoisotopic (exact) mass is 358 g/mol. The molecule has 1 aliphatic heterocycles. The zero-order valence-electron chi connectivity index (χ0n) is 14.5. The minimum absolute atomic E-state index is 0.0507. The molecule has 8 nitrogen and oxygen atoms in total. The van der Waals surface area contributed by atoms with E-state index in [2.05, 4.69) is 15.4 Å². The third-order valence-electron chi connectivity index (χ3n) is 4.14. The van der Waals surface area contributed by atoms with Crippen molar-refractivity contribution in [3.63, 3.8) is 0 Å². The van der Waals surface area contributed by atoms with Gasteiger partial charge in [-0.25, -0.2) is 0 Å². The highest BCUT2D eigenvalue weighted by Crippen LogP contribution is 2.07. The molecule has 1 N–H and O–H groups in total. The Bertz CT molecular complexity index is 699. The highest BCUT2D eigenvalue weighted by atomic mass is 16.5. The minimum atomic E-state index is -0.315. The predicted molar refractivity (Wildman–Crippen MR) is 94.7 cm³/mol. The largest absolute Gasteiger partial charge is 0.379 e. The van der Waals surface area contributed by atoms with Crippen molar-refractivity contribution in [2.24, 2.45) is 0 Å². The molecule has 3 rings (SSSR count). The normalized spacial score (nSPS) is 14.8. The van der Waals surface area contributed by atoms with Gasteiger partial charge in [0.05, 0.1) is 13.2 Å². The first kappa shape index (κ1) is 18.1. The molecule has 0 spiro atoms. The first-order valence-corrected chi connectivity index (χ1v) is 8.57. The minimum Gasteiger partial charge on any atom is -0.379 e. The van der Waals surface area contributed by atoms with Gasteiger partial charge in [-0.05, 0) is 12.1 Å². The molecule has 0 aliphatic carbocycles. The standard InChI is InChI=1S/C18H22N4O4/c23-17(19-16-6-11-26-20-16)14-22(8-7-21-9-12-25-13-10-21)18(24)15-4-2-1-3-5-15/h1-6,11H,7-10,12-14H2,(H,19,20,23). The molecule has 1 aromatic carbocycles. The van der Waals surface area contributed by atoms with Gasteiger partial charge in [-0.15, -0.1) is 0 Å². The number of carbonyl (C=O) groups excluding carboxylic acids is 2. The fourth-order valence-electron chi connectivity index (χ4n) is 2.74. The van der Waals surface area contributed by atoms with Crippen molar-refractivity contribution in [2.45, 2.75) is 0 Å². The quantitative estimate of drug-likeness (QED) is 0.797. The Kier molecular flexibility index (Phi) is 6.34. The average Bonchev–Trinajstić information content (AvgIpc) is 3.19. The molecule has 2 amide bonds. The third kappa shape index (κ3) is 5.14. The molecule has 1 saturated heterocycles. The summed E-state index contributed by atoms with van der Waals surface area (Å²) >= 11 is 0. The molecule has 8 heteroatoms. The molecule has 1 aromatic heterocycles. The molecule has 1 fully saturated rings. The van der Waals surface area contributed by atoms with Crippen molar-refractivity contribution in [3.05, 3.63) is 48.2 Å². The molecular formula is C18H22N4O4. The van der Waals surface area contributed by atoms with Crippen molar-refractivity contribution < 1.29 is 18.8 Å². The highest BCUT2D eigenvalue weighted by Gasteiger charge is 2.21. The molecule has 26 heavy (non-hydrogen) atoms. The molecule has 2 aromatic rings. The molecule has 0 unspecified atom stereocenters. The van der Waals surface area contributed by atoms with E-state index in [1.54, 1.807) is 23.1 Å². The molecule has 0 atom stereocenters. The number of anilines is 1. The van der Waals surface area contributed by atoms with Gasteiger partial charge in [-0.2, -0.15) is 0 Å². The molecule has 0 saturated carbocycles. The molecule has 1 aliphatic rings. The first-order chi connectivity index (χ1) is 12.7. The van der Waals surface area contributed by atoms with Crippen LogP contribution < -0.4 is 5.32 Å². The smallest absolute Gasteiger partial charge is 0.254 e. The van der Waals surface area contributed by atoms with Crippen LogP contribution in [0.15, 0.2) is 47.2 Å². The molecule has 2 heterocycles. The second-order valence-corrected chi connectivity index (χ2v) is 5.98. The van der Waals surface area contributed by atoms with Crippen LogP contribution in [0.25, 0.3) is 0 Å². The lowest BCUT2D eigenvalue weighted by Gasteiger charge is -2.30. The van der Waals surface area contributed by atoms with E-state index in [4.69, 9.17) is 9.26 Å². The van der Waals surface area contributed by atoms with E-state index in [0.29, 0.717) is 37.7 Å². The summed E-state index contributed by atoms with van der Waals surface area (Å²) in [6.07, 6.45) is 1.38. The lowest BCUT2D eigenvalue weighted by atomic mass is 10.2. The summed E-state index contributed by atoms with van der Waals surface area (Å²) in [4.78, 5) is 28.9. The van der Waals surface area contributed by atoms with Gasteiger partial charge in [-0.1, -0.05) is 23.4 Å². The lowest BCUT2D eigenvalue weighted by molar-refractivity contribution is -0.117. The van der Waals surface area contributed by atoms with Crippen molar-refractivity contribution in [1.29, 1.82) is 0 Å². The fourth-order valence-corrected chi connectivity index (χ4v) is 2.74. The SMILES string of the molecule is O=C(CN(CCN1CCOCC1)C(=O)c1ccccc1)Nc1ccon1. The Morgan fingerprint density at radius 2 is 1.92 bits per heavy atom. The summed E-state index contributed by atoms with van der Waals surface area (Å²) in [6.45, 7) is 4.15. The number of carbonyl (C=O) groups is 2. The summed E-state index contributed by atoms with van der Waals surface area (Å²) in [5.74, 6) is -0.158. The molecule has 0 radical (unpaired) electrons. The lowest BCUT2D eigenvalue weighted by Crippen LogP contribution is -2.45. The Labute approximate surface area is 151 Å². The number of morpholine rings is 1. The Balaban J connectivity index is 1.63. The van der Waals surface area contributed by atoms with Gasteiger partial charge in [0.1, 0.15) is 12.8 Å². The van der Waals surface area contributed by atoms with Crippen molar-refractivity contribution in [1.82, 2.24) is 15.0 Å². The van der Waals surface area contributed by atoms with Gasteiger partial charge < -0.3 is 19.5 Å². The summed E-state index contributed by atoms with van der Waals surface area (Å²) in [5.41, 5.74) is 0.559. The second kappa shape index (κ2) is 9.12. The molecule has 0 bridgehead atoms. The summed E-state index contributed by atoms with van der Waals surface area (Å²) in [6, 6.07) is 10.5. The molecule has 138 valence electrons. The summed E-state index contributed by atoms with van der Waals surface area (Å²) in [5, 5.41) is 6.28. The highest BCUT2D eigenvalue weighted by molar-refractivity contribution is 5.99. The fraction of sp³-hybridized carbons (Fsp3) is 0.389. The van der Waals surface area contributed by atoms with Gasteiger partial charge in [-0.3, -0.25) is 14.5 Å². The van der Waals surface area contributed by atoms with E-state index in [9.17, 15) is 9.59 Å². The van der Waals surface area contributed by atoms with Gasteiger partial charge in [0, 0.05) is 37.8 Å². The van der Waals surface area contributed by atoms with Gasteiger partial charge in [0.15, 0.2) is 5.82 Å². The van der Waals surface area contributed by atoms with Crippen LogP contribution in [0.4, 0.5) is 5.82 Å². The van der Waals surface area contributed by atoms with Crippen molar-refractivity contribution in [2.75, 3.05) is 51.3 Å². The second-order valence-electron chi connectivity index (χ2n) is 5.98. The number of aromatic nitrogens is 1. The Morgan fingerprint density at radius 3 is 2.62 bits per heavy atom. The van der Waals surface area contributed by atoms with Crippen molar-refractivity contribution >= 4 is 17.6 Å². The van der Waals surface area contributed by atoms with Gasteiger partial charge >= 0.3 is 0 Å². The van der Waals surface area contributed by atoms with Crippen LogP contribution in [0, 0.1) is 0 Å². The van der Waals surface area contributed by atoms with E-state index in [1.807, 2.05) is 18.2 Å². The topological polar surface area (TPSA) is 87.9 Å². The number of ether oxygens (including phenoxy) is 1. The predicted octanol–water partition coefficient (Wildman–Crippen LogP) is 1.09. The number of benzene rings is 1. The van der Waals surface area contributed by atoms with Crippen LogP contribution in [-0.2, 0) is 9.53 Å². The number of amides is 2. The Morgan fingerprint density at radius 1 is 1.15 bits per heavy atom. The maximum absolute atomic E-state index is 12.8. The van der Waals surface area contributed by atoms with E-state index in [-0.39, 0.29) is 18.4 Å².